The van der Waals surface area contributed by atoms with Crippen molar-refractivity contribution in [3.63, 3.8) is 0 Å². The maximum Gasteiger partial charge on any atom is 0.321 e. The molecule has 0 unspecified atom stereocenters. The van der Waals surface area contributed by atoms with E-state index in [2.05, 4.69) is 19.2 Å². The summed E-state index contributed by atoms with van der Waals surface area (Å²) in [5.41, 5.74) is 1.35. The molecule has 24 heavy (non-hydrogen) atoms. The molecule has 0 saturated carbocycles. The summed E-state index contributed by atoms with van der Waals surface area (Å²) in [6.45, 7) is 8.03. The van der Waals surface area contributed by atoms with Crippen molar-refractivity contribution in [3.8, 4) is 0 Å². The highest BCUT2D eigenvalue weighted by atomic mass is 16.5. The predicted molar refractivity (Wildman–Crippen MR) is 94.3 cm³/mol. The van der Waals surface area contributed by atoms with Gasteiger partial charge >= 0.3 is 6.03 Å². The average molecular weight is 333 g/mol. The second-order valence-corrected chi connectivity index (χ2v) is 5.90. The Morgan fingerprint density at radius 3 is 2.21 bits per heavy atom. The lowest BCUT2D eigenvalue weighted by molar-refractivity contribution is 0.0564. The summed E-state index contributed by atoms with van der Waals surface area (Å²) in [4.78, 5) is 28.3. The van der Waals surface area contributed by atoms with Crippen molar-refractivity contribution in [3.05, 3.63) is 29.8 Å². The van der Waals surface area contributed by atoms with E-state index in [9.17, 15) is 9.59 Å². The Morgan fingerprint density at radius 1 is 1.08 bits per heavy atom. The number of carbonyl (C=O) groups excluding carboxylic acids is 2. The lowest BCUT2D eigenvalue weighted by atomic mass is 10.1. The van der Waals surface area contributed by atoms with Gasteiger partial charge in [-0.2, -0.15) is 0 Å². The number of ether oxygens (including phenoxy) is 1. The van der Waals surface area contributed by atoms with Gasteiger partial charge in [-0.25, -0.2) is 4.79 Å². The minimum absolute atomic E-state index is 0.0461. The molecule has 0 bridgehead atoms. The first-order chi connectivity index (χ1) is 11.7. The highest BCUT2D eigenvalue weighted by Crippen LogP contribution is 2.13. The molecular weight excluding hydrogens is 306 g/mol. The number of benzene rings is 1. The van der Waals surface area contributed by atoms with E-state index in [1.807, 2.05) is 4.90 Å². The molecular formula is C18H27N3O3. The van der Waals surface area contributed by atoms with Crippen molar-refractivity contribution in [2.45, 2.75) is 26.7 Å². The highest BCUT2D eigenvalue weighted by Gasteiger charge is 2.17. The number of hydrogen-bond acceptors (Lipinski definition) is 3. The fourth-order valence-electron chi connectivity index (χ4n) is 2.70. The van der Waals surface area contributed by atoms with Crippen molar-refractivity contribution >= 4 is 17.6 Å². The van der Waals surface area contributed by atoms with Crippen molar-refractivity contribution in [2.75, 3.05) is 44.7 Å². The second-order valence-electron chi connectivity index (χ2n) is 5.90. The predicted octanol–water partition coefficient (Wildman–Crippen LogP) is 2.81. The van der Waals surface area contributed by atoms with E-state index in [0.717, 1.165) is 25.9 Å². The maximum absolute atomic E-state index is 12.5. The Kier molecular flexibility index (Phi) is 7.06. The number of urea groups is 1. The number of nitrogens with one attached hydrogen (secondary N) is 1. The Hall–Kier alpha value is -2.08. The minimum atomic E-state index is -0.129. The van der Waals surface area contributed by atoms with Gasteiger partial charge in [-0.1, -0.05) is 13.8 Å². The second kappa shape index (κ2) is 9.27. The molecule has 1 aromatic carbocycles. The lowest BCUT2D eigenvalue weighted by Crippen LogP contribution is -2.43. The average Bonchev–Trinajstić information content (AvgIpc) is 2.62. The molecule has 6 heteroatoms. The van der Waals surface area contributed by atoms with Crippen LogP contribution in [-0.2, 0) is 4.74 Å². The van der Waals surface area contributed by atoms with E-state index in [1.54, 1.807) is 29.2 Å². The van der Waals surface area contributed by atoms with Gasteiger partial charge in [-0.3, -0.25) is 4.79 Å². The Bertz CT molecular complexity index is 533. The molecule has 6 nitrogen and oxygen atoms in total. The largest absolute Gasteiger partial charge is 0.378 e. The van der Waals surface area contributed by atoms with E-state index < -0.39 is 0 Å². The first-order valence-electron chi connectivity index (χ1n) is 8.68. The zero-order valence-corrected chi connectivity index (χ0v) is 14.6. The summed E-state index contributed by atoms with van der Waals surface area (Å²) in [5, 5.41) is 2.86. The zero-order valence-electron chi connectivity index (χ0n) is 14.6. The first kappa shape index (κ1) is 18.3. The third-order valence-electron chi connectivity index (χ3n) is 3.96. The van der Waals surface area contributed by atoms with Crippen LogP contribution in [0.4, 0.5) is 10.5 Å². The number of morpholine rings is 1. The van der Waals surface area contributed by atoms with E-state index in [-0.39, 0.29) is 11.9 Å². The molecule has 1 saturated heterocycles. The van der Waals surface area contributed by atoms with E-state index >= 15 is 0 Å². The van der Waals surface area contributed by atoms with Crippen LogP contribution in [0.2, 0.25) is 0 Å². The normalized spacial score (nSPS) is 14.3. The Labute approximate surface area is 143 Å². The van der Waals surface area contributed by atoms with Crippen LogP contribution in [0.15, 0.2) is 24.3 Å². The van der Waals surface area contributed by atoms with Crippen LogP contribution in [0.5, 0.6) is 0 Å². The quantitative estimate of drug-likeness (QED) is 0.871. The topological polar surface area (TPSA) is 61.9 Å². The van der Waals surface area contributed by atoms with Gasteiger partial charge in [0, 0.05) is 37.4 Å². The van der Waals surface area contributed by atoms with Crippen molar-refractivity contribution < 1.29 is 14.3 Å². The van der Waals surface area contributed by atoms with Crippen LogP contribution in [0.25, 0.3) is 0 Å². The van der Waals surface area contributed by atoms with Gasteiger partial charge < -0.3 is 19.9 Å². The smallest absolute Gasteiger partial charge is 0.321 e. The summed E-state index contributed by atoms with van der Waals surface area (Å²) >= 11 is 0. The molecule has 1 aromatic rings. The molecule has 0 atom stereocenters. The van der Waals surface area contributed by atoms with Gasteiger partial charge in [-0.15, -0.1) is 0 Å². The van der Waals surface area contributed by atoms with Gasteiger partial charge in [0.2, 0.25) is 0 Å². The van der Waals surface area contributed by atoms with Crippen LogP contribution in [0, 0.1) is 0 Å². The zero-order chi connectivity index (χ0) is 17.4. The SMILES string of the molecule is CCCN(CCC)C(=O)c1ccc(NC(=O)N2CCOCC2)cc1. The molecule has 0 aliphatic carbocycles. The Morgan fingerprint density at radius 2 is 1.67 bits per heavy atom. The van der Waals surface area contributed by atoms with Crippen molar-refractivity contribution in [2.24, 2.45) is 0 Å². The van der Waals surface area contributed by atoms with Gasteiger partial charge in [0.15, 0.2) is 0 Å². The monoisotopic (exact) mass is 333 g/mol. The van der Waals surface area contributed by atoms with Crippen LogP contribution in [0.3, 0.4) is 0 Å². The van der Waals surface area contributed by atoms with Gasteiger partial charge in [-0.05, 0) is 37.1 Å². The molecule has 132 valence electrons. The lowest BCUT2D eigenvalue weighted by Gasteiger charge is -2.27. The molecule has 1 fully saturated rings. The van der Waals surface area contributed by atoms with E-state index in [4.69, 9.17) is 4.74 Å². The van der Waals surface area contributed by atoms with Gasteiger partial charge in [0.1, 0.15) is 0 Å². The van der Waals surface area contributed by atoms with Crippen LogP contribution in [-0.4, -0.2) is 61.1 Å². The fraction of sp³-hybridized carbons (Fsp3) is 0.556. The molecule has 0 aromatic heterocycles. The number of amides is 3. The van der Waals surface area contributed by atoms with Crippen LogP contribution < -0.4 is 5.32 Å². The molecule has 1 heterocycles. The van der Waals surface area contributed by atoms with Crippen LogP contribution >= 0.6 is 0 Å². The van der Waals surface area contributed by atoms with Crippen LogP contribution in [0.1, 0.15) is 37.0 Å². The minimum Gasteiger partial charge on any atom is -0.378 e. The summed E-state index contributed by atoms with van der Waals surface area (Å²) in [6, 6.07) is 6.98. The maximum atomic E-state index is 12.5. The van der Waals surface area contributed by atoms with Crippen molar-refractivity contribution in [1.82, 2.24) is 9.80 Å². The number of carbonyl (C=O) groups is 2. The summed E-state index contributed by atoms with van der Waals surface area (Å²) in [7, 11) is 0. The molecule has 1 N–H and O–H groups in total. The van der Waals surface area contributed by atoms with E-state index in [0.29, 0.717) is 37.6 Å². The number of anilines is 1. The van der Waals surface area contributed by atoms with Crippen molar-refractivity contribution in [1.29, 1.82) is 0 Å². The standard InChI is InChI=1S/C18H27N3O3/c1-3-9-20(10-4-2)17(22)15-5-7-16(8-6-15)19-18(23)21-11-13-24-14-12-21/h5-8H,3-4,9-14H2,1-2H3,(H,19,23). The molecule has 0 spiro atoms. The molecule has 1 aliphatic rings. The molecule has 0 radical (unpaired) electrons. The number of hydrogen-bond donors (Lipinski definition) is 1. The Balaban J connectivity index is 1.96. The first-order valence-corrected chi connectivity index (χ1v) is 8.68. The number of nitrogens with zero attached hydrogens (tertiary/aromatic N) is 2. The molecule has 3 amide bonds. The summed E-state index contributed by atoms with van der Waals surface area (Å²) in [6.07, 6.45) is 1.89. The van der Waals surface area contributed by atoms with Gasteiger partial charge in [0.05, 0.1) is 13.2 Å². The summed E-state index contributed by atoms with van der Waals surface area (Å²) in [5.74, 6) is 0.0461. The highest BCUT2D eigenvalue weighted by molar-refractivity contribution is 5.95. The third-order valence-corrected chi connectivity index (χ3v) is 3.96. The molecule has 1 aliphatic heterocycles. The number of rotatable bonds is 6. The van der Waals surface area contributed by atoms with E-state index in [1.165, 1.54) is 0 Å². The fourth-order valence-corrected chi connectivity index (χ4v) is 2.70. The molecule has 2 rings (SSSR count). The third kappa shape index (κ3) is 4.96. The van der Waals surface area contributed by atoms with Gasteiger partial charge in [0.25, 0.3) is 5.91 Å². The summed E-state index contributed by atoms with van der Waals surface area (Å²) < 4.78 is 5.24.